The van der Waals surface area contributed by atoms with E-state index in [-0.39, 0.29) is 11.7 Å². The number of aryl methyl sites for hydroxylation is 1. The van der Waals surface area contributed by atoms with E-state index in [0.717, 1.165) is 28.9 Å². The first-order valence-corrected chi connectivity index (χ1v) is 7.97. The molecule has 0 radical (unpaired) electrons. The van der Waals surface area contributed by atoms with E-state index in [1.165, 1.54) is 5.56 Å². The molecule has 122 valence electrons. The van der Waals surface area contributed by atoms with Crippen molar-refractivity contribution in [3.05, 3.63) is 65.9 Å². The molecule has 0 amide bonds. The molecule has 1 heterocycles. The lowest BCUT2D eigenvalue weighted by Gasteiger charge is -2.08. The first-order chi connectivity index (χ1) is 11.6. The van der Waals surface area contributed by atoms with Crippen LogP contribution in [0.2, 0.25) is 0 Å². The van der Waals surface area contributed by atoms with Gasteiger partial charge >= 0.3 is 0 Å². The minimum Gasteiger partial charge on any atom is -0.508 e. The maximum Gasteiger partial charge on any atom is 0.123 e. The lowest BCUT2D eigenvalue weighted by Crippen LogP contribution is -2.03. The van der Waals surface area contributed by atoms with Crippen LogP contribution in [-0.2, 0) is 11.2 Å². The summed E-state index contributed by atoms with van der Waals surface area (Å²) in [5, 5.41) is 14.2. The molecular weight excluding hydrogens is 300 g/mol. The van der Waals surface area contributed by atoms with Crippen LogP contribution in [0, 0.1) is 12.8 Å². The number of aromatic nitrogens is 2. The highest BCUT2D eigenvalue weighted by atomic mass is 16.3. The number of hydrogen-bond donors (Lipinski definition) is 1. The smallest absolute Gasteiger partial charge is 0.123 e. The molecule has 1 N–H and O–H groups in total. The zero-order valence-electron chi connectivity index (χ0n) is 13.8. The highest BCUT2D eigenvalue weighted by Crippen LogP contribution is 2.26. The van der Waals surface area contributed by atoms with Crippen LogP contribution >= 0.6 is 0 Å². The number of aldehydes is 1. The summed E-state index contributed by atoms with van der Waals surface area (Å²) in [6, 6.07) is 17.2. The molecule has 0 spiro atoms. The number of carbonyl (C=O) groups is 1. The van der Waals surface area contributed by atoms with Gasteiger partial charge in [-0.25, -0.2) is 4.68 Å². The number of aromatic hydroxyl groups is 1. The van der Waals surface area contributed by atoms with Crippen LogP contribution in [-0.4, -0.2) is 21.2 Å². The Morgan fingerprint density at radius 2 is 1.79 bits per heavy atom. The van der Waals surface area contributed by atoms with E-state index < -0.39 is 0 Å². The number of phenols is 1. The van der Waals surface area contributed by atoms with Crippen molar-refractivity contribution in [3.63, 3.8) is 0 Å². The molecule has 0 bridgehead atoms. The van der Waals surface area contributed by atoms with Gasteiger partial charge in [0.25, 0.3) is 0 Å². The van der Waals surface area contributed by atoms with Gasteiger partial charge in [-0.05, 0) is 37.3 Å². The molecule has 4 nitrogen and oxygen atoms in total. The SMILES string of the molecule is Cc1ccc(-c2cc(CC(C)C=O)nn2-c2ccc(O)cc2)cc1. The summed E-state index contributed by atoms with van der Waals surface area (Å²) in [4.78, 5) is 11.0. The predicted octanol–water partition coefficient (Wildman–Crippen LogP) is 3.93. The van der Waals surface area contributed by atoms with Crippen LogP contribution in [0.3, 0.4) is 0 Å². The van der Waals surface area contributed by atoms with E-state index in [1.807, 2.05) is 29.8 Å². The second-order valence-electron chi connectivity index (χ2n) is 6.13. The summed E-state index contributed by atoms with van der Waals surface area (Å²) < 4.78 is 1.86. The molecule has 2 aromatic carbocycles. The van der Waals surface area contributed by atoms with Gasteiger partial charge in [-0.1, -0.05) is 36.8 Å². The fourth-order valence-electron chi connectivity index (χ4n) is 2.63. The molecule has 0 saturated carbocycles. The molecule has 0 aliphatic carbocycles. The molecule has 0 fully saturated rings. The van der Waals surface area contributed by atoms with Gasteiger partial charge in [0.05, 0.1) is 17.1 Å². The van der Waals surface area contributed by atoms with Crippen molar-refractivity contribution in [1.82, 2.24) is 9.78 Å². The molecule has 3 rings (SSSR count). The minimum atomic E-state index is -0.0703. The molecule has 1 unspecified atom stereocenters. The first kappa shape index (κ1) is 16.0. The highest BCUT2D eigenvalue weighted by molar-refractivity contribution is 5.63. The van der Waals surface area contributed by atoms with Crippen molar-refractivity contribution in [2.45, 2.75) is 20.3 Å². The third-order valence-electron chi connectivity index (χ3n) is 3.96. The predicted molar refractivity (Wildman–Crippen MR) is 94.3 cm³/mol. The maximum absolute atomic E-state index is 11.0. The van der Waals surface area contributed by atoms with E-state index in [1.54, 1.807) is 12.1 Å². The largest absolute Gasteiger partial charge is 0.508 e. The minimum absolute atomic E-state index is 0.0703. The number of nitrogens with zero attached hydrogens (tertiary/aromatic N) is 2. The van der Waals surface area contributed by atoms with E-state index in [9.17, 15) is 9.90 Å². The van der Waals surface area contributed by atoms with E-state index in [0.29, 0.717) is 6.42 Å². The standard InChI is InChI=1S/C20H20N2O2/c1-14-3-5-16(6-4-14)20-12-17(11-15(2)13-23)21-22(20)18-7-9-19(24)10-8-18/h3-10,12-13,15,24H,11H2,1-2H3. The average molecular weight is 320 g/mol. The van der Waals surface area contributed by atoms with Crippen LogP contribution in [0.5, 0.6) is 5.75 Å². The van der Waals surface area contributed by atoms with Crippen LogP contribution < -0.4 is 0 Å². The molecule has 1 aromatic heterocycles. The number of benzene rings is 2. The first-order valence-electron chi connectivity index (χ1n) is 7.97. The summed E-state index contributed by atoms with van der Waals surface area (Å²) in [5.74, 6) is 0.150. The summed E-state index contributed by atoms with van der Waals surface area (Å²) in [7, 11) is 0. The van der Waals surface area contributed by atoms with Crippen molar-refractivity contribution in [2.75, 3.05) is 0 Å². The number of carbonyl (C=O) groups excluding carboxylic acids is 1. The fraction of sp³-hybridized carbons (Fsp3) is 0.200. The zero-order chi connectivity index (χ0) is 17.1. The molecule has 1 atom stereocenters. The Morgan fingerprint density at radius 3 is 2.42 bits per heavy atom. The second-order valence-corrected chi connectivity index (χ2v) is 6.13. The van der Waals surface area contributed by atoms with Gasteiger partial charge in [0.1, 0.15) is 12.0 Å². The summed E-state index contributed by atoms with van der Waals surface area (Å²) in [6.45, 7) is 3.94. The Labute approximate surface area is 141 Å². The van der Waals surface area contributed by atoms with Crippen molar-refractivity contribution in [3.8, 4) is 22.7 Å². The Hall–Kier alpha value is -2.88. The number of rotatable bonds is 5. The van der Waals surface area contributed by atoms with Gasteiger partial charge in [0.15, 0.2) is 0 Å². The van der Waals surface area contributed by atoms with Crippen molar-refractivity contribution < 1.29 is 9.90 Å². The molecule has 0 saturated heterocycles. The van der Waals surface area contributed by atoms with Gasteiger partial charge < -0.3 is 9.90 Å². The van der Waals surface area contributed by atoms with Gasteiger partial charge in [-0.15, -0.1) is 0 Å². The Kier molecular flexibility index (Phi) is 4.47. The van der Waals surface area contributed by atoms with Crippen LogP contribution in [0.25, 0.3) is 16.9 Å². The number of hydrogen-bond acceptors (Lipinski definition) is 3. The van der Waals surface area contributed by atoms with Gasteiger partial charge in [0.2, 0.25) is 0 Å². The number of phenolic OH excluding ortho intramolecular Hbond substituents is 1. The lowest BCUT2D eigenvalue weighted by molar-refractivity contribution is -0.110. The molecule has 3 aromatic rings. The maximum atomic E-state index is 11.0. The van der Waals surface area contributed by atoms with E-state index in [4.69, 9.17) is 0 Å². The zero-order valence-corrected chi connectivity index (χ0v) is 13.8. The fourth-order valence-corrected chi connectivity index (χ4v) is 2.63. The highest BCUT2D eigenvalue weighted by Gasteiger charge is 2.13. The third-order valence-corrected chi connectivity index (χ3v) is 3.96. The van der Waals surface area contributed by atoms with Crippen LogP contribution in [0.15, 0.2) is 54.6 Å². The monoisotopic (exact) mass is 320 g/mol. The Morgan fingerprint density at radius 1 is 1.12 bits per heavy atom. The quantitative estimate of drug-likeness (QED) is 0.725. The van der Waals surface area contributed by atoms with Crippen molar-refractivity contribution in [1.29, 1.82) is 0 Å². The lowest BCUT2D eigenvalue weighted by atomic mass is 10.1. The average Bonchev–Trinajstić information content (AvgIpc) is 2.99. The third kappa shape index (κ3) is 3.38. The van der Waals surface area contributed by atoms with Crippen molar-refractivity contribution in [2.24, 2.45) is 5.92 Å². The van der Waals surface area contributed by atoms with Crippen LogP contribution in [0.4, 0.5) is 0 Å². The summed E-state index contributed by atoms with van der Waals surface area (Å²) in [5.41, 5.74) is 4.97. The van der Waals surface area contributed by atoms with Crippen LogP contribution in [0.1, 0.15) is 18.2 Å². The Bertz CT molecular complexity index is 770. The Balaban J connectivity index is 2.08. The van der Waals surface area contributed by atoms with Gasteiger partial charge in [-0.2, -0.15) is 5.10 Å². The molecule has 4 heteroatoms. The second kappa shape index (κ2) is 6.71. The van der Waals surface area contributed by atoms with Gasteiger partial charge in [0, 0.05) is 17.9 Å². The topological polar surface area (TPSA) is 55.1 Å². The van der Waals surface area contributed by atoms with Gasteiger partial charge in [-0.3, -0.25) is 0 Å². The van der Waals surface area contributed by atoms with E-state index >= 15 is 0 Å². The van der Waals surface area contributed by atoms with E-state index in [2.05, 4.69) is 36.3 Å². The summed E-state index contributed by atoms with van der Waals surface area (Å²) in [6.07, 6.45) is 1.55. The normalized spacial score (nSPS) is 12.1. The molecular formula is C20H20N2O2. The summed E-state index contributed by atoms with van der Waals surface area (Å²) >= 11 is 0. The molecule has 0 aliphatic rings. The molecule has 24 heavy (non-hydrogen) atoms. The van der Waals surface area contributed by atoms with Crippen molar-refractivity contribution >= 4 is 6.29 Å². The molecule has 0 aliphatic heterocycles.